The summed E-state index contributed by atoms with van der Waals surface area (Å²) in [7, 11) is 1.88. The van der Waals surface area contributed by atoms with Gasteiger partial charge in [-0.3, -0.25) is 14.3 Å². The third-order valence-corrected chi connectivity index (χ3v) is 5.83. The molecule has 0 atom stereocenters. The average molecular weight is 400 g/mol. The molecule has 4 heterocycles. The first kappa shape index (κ1) is 19.6. The topological polar surface area (TPSA) is 94.3 Å². The second-order valence-electron chi connectivity index (χ2n) is 8.29. The molecule has 2 amide bonds. The fourth-order valence-electron chi connectivity index (χ4n) is 4.19. The van der Waals surface area contributed by atoms with Gasteiger partial charge in [-0.1, -0.05) is 0 Å². The minimum absolute atomic E-state index is 0.0557. The van der Waals surface area contributed by atoms with Crippen molar-refractivity contribution in [2.75, 3.05) is 13.1 Å². The highest BCUT2D eigenvalue weighted by Gasteiger charge is 2.42. The largest absolute Gasteiger partial charge is 0.370 e. The monoisotopic (exact) mass is 400 g/mol. The summed E-state index contributed by atoms with van der Waals surface area (Å²) in [6.07, 6.45) is 7.40. The van der Waals surface area contributed by atoms with Crippen LogP contribution in [0.15, 0.2) is 18.7 Å². The van der Waals surface area contributed by atoms with Crippen molar-refractivity contribution in [1.82, 2.24) is 29.5 Å². The first-order valence-electron chi connectivity index (χ1n) is 10.1. The zero-order valence-corrected chi connectivity index (χ0v) is 17.2. The molecule has 156 valence electrons. The van der Waals surface area contributed by atoms with Crippen LogP contribution in [-0.4, -0.2) is 60.8 Å². The van der Waals surface area contributed by atoms with Crippen LogP contribution in [0.1, 0.15) is 48.4 Å². The molecule has 0 aromatic carbocycles. The first-order chi connectivity index (χ1) is 13.9. The summed E-state index contributed by atoms with van der Waals surface area (Å²) in [6, 6.07) is 0.0557. The quantitative estimate of drug-likeness (QED) is 0.823. The molecular weight excluding hydrogens is 372 g/mol. The minimum Gasteiger partial charge on any atom is -0.370 e. The van der Waals surface area contributed by atoms with Gasteiger partial charge >= 0.3 is 0 Å². The van der Waals surface area contributed by atoms with E-state index in [1.54, 1.807) is 23.3 Å². The van der Waals surface area contributed by atoms with Crippen molar-refractivity contribution in [3.05, 3.63) is 35.7 Å². The predicted molar refractivity (Wildman–Crippen MR) is 105 cm³/mol. The Hall–Kier alpha value is -2.68. The standard InChI is InChI=1S/C20H28N6O3/c1-14(2)22-19(28)18-15-12-29-20(10-16(15)24(3)23-18)4-7-26(8-5-20)17(27)11-25-9-6-21-13-25/h6,9,13-14H,4-5,7-8,10-12H2,1-3H3,(H,22,28). The number of carbonyl (C=O) groups excluding carboxylic acids is 2. The van der Waals surface area contributed by atoms with Crippen molar-refractivity contribution in [2.24, 2.45) is 7.05 Å². The van der Waals surface area contributed by atoms with E-state index in [0.29, 0.717) is 38.4 Å². The molecule has 0 aliphatic carbocycles. The molecule has 0 bridgehead atoms. The Kier molecular flexibility index (Phi) is 5.16. The van der Waals surface area contributed by atoms with Crippen molar-refractivity contribution >= 4 is 11.8 Å². The third kappa shape index (κ3) is 3.91. The lowest BCUT2D eigenvalue weighted by Crippen LogP contribution is -2.51. The Bertz CT molecular complexity index is 894. The number of likely N-dealkylation sites (tertiary alicyclic amines) is 1. The molecule has 1 saturated heterocycles. The molecule has 9 heteroatoms. The average Bonchev–Trinajstić information content (AvgIpc) is 3.30. The van der Waals surface area contributed by atoms with Gasteiger partial charge in [0.05, 0.1) is 18.5 Å². The number of hydrogen-bond donors (Lipinski definition) is 1. The highest BCUT2D eigenvalue weighted by Crippen LogP contribution is 2.37. The van der Waals surface area contributed by atoms with Gasteiger partial charge in [-0.2, -0.15) is 5.10 Å². The van der Waals surface area contributed by atoms with Crippen LogP contribution in [-0.2, 0) is 36.2 Å². The van der Waals surface area contributed by atoms with E-state index in [2.05, 4.69) is 15.4 Å². The van der Waals surface area contributed by atoms with Gasteiger partial charge in [-0.05, 0) is 26.7 Å². The van der Waals surface area contributed by atoms with Crippen molar-refractivity contribution in [3.63, 3.8) is 0 Å². The maximum absolute atomic E-state index is 12.5. The molecule has 0 unspecified atom stereocenters. The molecule has 1 fully saturated rings. The van der Waals surface area contributed by atoms with E-state index in [9.17, 15) is 9.59 Å². The van der Waals surface area contributed by atoms with Crippen molar-refractivity contribution < 1.29 is 14.3 Å². The Morgan fingerprint density at radius 3 is 2.72 bits per heavy atom. The maximum atomic E-state index is 12.5. The number of nitrogens with one attached hydrogen (secondary N) is 1. The predicted octanol–water partition coefficient (Wildman–Crippen LogP) is 0.889. The lowest BCUT2D eigenvalue weighted by molar-refractivity contribution is -0.141. The highest BCUT2D eigenvalue weighted by atomic mass is 16.5. The van der Waals surface area contributed by atoms with Crippen LogP contribution in [0.25, 0.3) is 0 Å². The number of amides is 2. The normalized spacial score (nSPS) is 18.1. The van der Waals surface area contributed by atoms with E-state index >= 15 is 0 Å². The fourth-order valence-corrected chi connectivity index (χ4v) is 4.19. The summed E-state index contributed by atoms with van der Waals surface area (Å²) in [5, 5.41) is 7.37. The van der Waals surface area contributed by atoms with Crippen molar-refractivity contribution in [2.45, 2.75) is 57.9 Å². The number of carbonyl (C=O) groups is 2. The molecule has 1 spiro atoms. The Morgan fingerprint density at radius 1 is 1.31 bits per heavy atom. The van der Waals surface area contributed by atoms with Crippen LogP contribution in [0.5, 0.6) is 0 Å². The summed E-state index contributed by atoms with van der Waals surface area (Å²) in [4.78, 5) is 30.9. The number of piperidine rings is 1. The minimum atomic E-state index is -0.293. The molecule has 2 aliphatic rings. The summed E-state index contributed by atoms with van der Waals surface area (Å²) in [6.45, 7) is 5.89. The second kappa shape index (κ2) is 7.62. The zero-order valence-electron chi connectivity index (χ0n) is 17.2. The summed E-state index contributed by atoms with van der Waals surface area (Å²) in [5.74, 6) is -0.0566. The van der Waals surface area contributed by atoms with Crippen LogP contribution >= 0.6 is 0 Å². The van der Waals surface area contributed by atoms with Gasteiger partial charge in [0, 0.05) is 56.3 Å². The van der Waals surface area contributed by atoms with E-state index in [0.717, 1.165) is 24.1 Å². The molecule has 1 N–H and O–H groups in total. The number of aromatic nitrogens is 4. The molecular formula is C20H28N6O3. The molecule has 29 heavy (non-hydrogen) atoms. The van der Waals surface area contributed by atoms with E-state index in [1.165, 1.54) is 0 Å². The Balaban J connectivity index is 1.42. The van der Waals surface area contributed by atoms with Crippen LogP contribution in [0.3, 0.4) is 0 Å². The van der Waals surface area contributed by atoms with Crippen LogP contribution < -0.4 is 5.32 Å². The lowest BCUT2D eigenvalue weighted by Gasteiger charge is -2.43. The van der Waals surface area contributed by atoms with Gasteiger partial charge in [-0.15, -0.1) is 0 Å². The van der Waals surface area contributed by atoms with E-state index in [4.69, 9.17) is 4.74 Å². The molecule has 2 aromatic heterocycles. The fraction of sp³-hybridized carbons (Fsp3) is 0.600. The van der Waals surface area contributed by atoms with Gasteiger partial charge in [0.1, 0.15) is 6.54 Å². The van der Waals surface area contributed by atoms with Gasteiger partial charge in [-0.25, -0.2) is 4.98 Å². The second-order valence-corrected chi connectivity index (χ2v) is 8.29. The number of fused-ring (bicyclic) bond motifs is 1. The SMILES string of the molecule is CC(C)NC(=O)c1nn(C)c2c1COC1(CCN(C(=O)Cn3ccnc3)CC1)C2. The van der Waals surface area contributed by atoms with Gasteiger partial charge in [0.15, 0.2) is 5.69 Å². The van der Waals surface area contributed by atoms with E-state index < -0.39 is 0 Å². The summed E-state index contributed by atoms with van der Waals surface area (Å²) >= 11 is 0. The van der Waals surface area contributed by atoms with Crippen LogP contribution in [0, 0.1) is 0 Å². The summed E-state index contributed by atoms with van der Waals surface area (Å²) in [5.41, 5.74) is 2.11. The smallest absolute Gasteiger partial charge is 0.272 e. The molecule has 4 rings (SSSR count). The molecule has 0 saturated carbocycles. The maximum Gasteiger partial charge on any atom is 0.272 e. The highest BCUT2D eigenvalue weighted by molar-refractivity contribution is 5.94. The van der Waals surface area contributed by atoms with E-state index in [1.807, 2.05) is 30.5 Å². The number of rotatable bonds is 4. The lowest BCUT2D eigenvalue weighted by atomic mass is 9.83. The molecule has 2 aromatic rings. The van der Waals surface area contributed by atoms with E-state index in [-0.39, 0.29) is 23.5 Å². The van der Waals surface area contributed by atoms with Crippen LogP contribution in [0.2, 0.25) is 0 Å². The Morgan fingerprint density at radius 2 is 2.07 bits per heavy atom. The number of aryl methyl sites for hydroxylation is 1. The van der Waals surface area contributed by atoms with Gasteiger partial charge in [0.2, 0.25) is 5.91 Å². The number of ether oxygens (including phenoxy) is 1. The zero-order chi connectivity index (χ0) is 20.6. The molecule has 0 radical (unpaired) electrons. The Labute approximate surface area is 170 Å². The van der Waals surface area contributed by atoms with Gasteiger partial charge < -0.3 is 19.5 Å². The van der Waals surface area contributed by atoms with Crippen LogP contribution in [0.4, 0.5) is 0 Å². The molecule has 2 aliphatic heterocycles. The van der Waals surface area contributed by atoms with Crippen molar-refractivity contribution in [3.8, 4) is 0 Å². The third-order valence-electron chi connectivity index (χ3n) is 5.83. The van der Waals surface area contributed by atoms with Gasteiger partial charge in [0.25, 0.3) is 5.91 Å². The number of imidazole rings is 1. The number of hydrogen-bond acceptors (Lipinski definition) is 5. The summed E-state index contributed by atoms with van der Waals surface area (Å²) < 4.78 is 9.89. The first-order valence-corrected chi connectivity index (χ1v) is 10.1. The molecule has 9 nitrogen and oxygen atoms in total. The number of nitrogens with zero attached hydrogens (tertiary/aromatic N) is 5. The van der Waals surface area contributed by atoms with Crippen molar-refractivity contribution in [1.29, 1.82) is 0 Å².